The SMILES string of the molecule is CC1(CNC2CCC2(C)C)OCCO1. The second kappa shape index (κ2) is 3.47. The lowest BCUT2D eigenvalue weighted by Gasteiger charge is -2.46. The predicted octanol–water partition coefficient (Wildman–Crippen LogP) is 1.53. The third kappa shape index (κ3) is 1.95. The largest absolute Gasteiger partial charge is 0.347 e. The lowest BCUT2D eigenvalue weighted by molar-refractivity contribution is -0.142. The summed E-state index contributed by atoms with van der Waals surface area (Å²) in [4.78, 5) is 0. The smallest absolute Gasteiger partial charge is 0.178 e. The molecule has 1 saturated heterocycles. The molecule has 3 heteroatoms. The second-order valence-electron chi connectivity index (χ2n) is 5.29. The predicted molar refractivity (Wildman–Crippen MR) is 55.1 cm³/mol. The molecule has 1 unspecified atom stereocenters. The summed E-state index contributed by atoms with van der Waals surface area (Å²) in [5, 5.41) is 3.54. The summed E-state index contributed by atoms with van der Waals surface area (Å²) >= 11 is 0. The van der Waals surface area contributed by atoms with E-state index in [2.05, 4.69) is 19.2 Å². The van der Waals surface area contributed by atoms with Gasteiger partial charge in [-0.2, -0.15) is 0 Å². The summed E-state index contributed by atoms with van der Waals surface area (Å²) in [6.07, 6.45) is 2.60. The minimum Gasteiger partial charge on any atom is -0.347 e. The van der Waals surface area contributed by atoms with Gasteiger partial charge in [0.05, 0.1) is 13.2 Å². The molecule has 3 nitrogen and oxygen atoms in total. The molecule has 0 amide bonds. The summed E-state index contributed by atoms with van der Waals surface area (Å²) in [6, 6.07) is 0.632. The van der Waals surface area contributed by atoms with Crippen LogP contribution in [0.3, 0.4) is 0 Å². The van der Waals surface area contributed by atoms with Gasteiger partial charge in [0.25, 0.3) is 0 Å². The monoisotopic (exact) mass is 199 g/mol. The molecule has 82 valence electrons. The van der Waals surface area contributed by atoms with Gasteiger partial charge in [-0.25, -0.2) is 0 Å². The Morgan fingerprint density at radius 3 is 2.29 bits per heavy atom. The van der Waals surface area contributed by atoms with Crippen LogP contribution in [0.4, 0.5) is 0 Å². The Morgan fingerprint density at radius 1 is 1.21 bits per heavy atom. The molecule has 1 saturated carbocycles. The lowest BCUT2D eigenvalue weighted by atomic mass is 9.67. The van der Waals surface area contributed by atoms with Crippen LogP contribution in [0.5, 0.6) is 0 Å². The van der Waals surface area contributed by atoms with Crippen molar-refractivity contribution in [1.82, 2.24) is 5.32 Å². The molecule has 14 heavy (non-hydrogen) atoms. The van der Waals surface area contributed by atoms with E-state index in [9.17, 15) is 0 Å². The molecular weight excluding hydrogens is 178 g/mol. The molecule has 1 heterocycles. The minimum absolute atomic E-state index is 0.383. The quantitative estimate of drug-likeness (QED) is 0.747. The van der Waals surface area contributed by atoms with Gasteiger partial charge < -0.3 is 14.8 Å². The van der Waals surface area contributed by atoms with Crippen LogP contribution in [0.2, 0.25) is 0 Å². The van der Waals surface area contributed by atoms with Crippen LogP contribution >= 0.6 is 0 Å². The Hall–Kier alpha value is -0.120. The summed E-state index contributed by atoms with van der Waals surface area (Å²) in [5.41, 5.74) is 0.453. The molecule has 0 bridgehead atoms. The Bertz CT molecular complexity index is 209. The number of hydrogen-bond donors (Lipinski definition) is 1. The first-order valence-corrected chi connectivity index (χ1v) is 5.53. The summed E-state index contributed by atoms with van der Waals surface area (Å²) in [5.74, 6) is -0.383. The molecule has 0 aromatic carbocycles. The standard InChI is InChI=1S/C11H21NO2/c1-10(2)5-4-9(10)12-8-11(3)13-6-7-14-11/h9,12H,4-8H2,1-3H3. The molecular formula is C11H21NO2. The first-order chi connectivity index (χ1) is 6.52. The van der Waals surface area contributed by atoms with E-state index in [1.807, 2.05) is 6.92 Å². The normalized spacial score (nSPS) is 34.1. The molecule has 1 atom stereocenters. The summed E-state index contributed by atoms with van der Waals surface area (Å²) in [7, 11) is 0. The summed E-state index contributed by atoms with van der Waals surface area (Å²) in [6.45, 7) is 8.90. The maximum atomic E-state index is 5.54. The Labute approximate surface area is 86.2 Å². The van der Waals surface area contributed by atoms with E-state index in [4.69, 9.17) is 9.47 Å². The third-order valence-electron chi connectivity index (χ3n) is 3.59. The van der Waals surface area contributed by atoms with Crippen molar-refractivity contribution in [1.29, 1.82) is 0 Å². The van der Waals surface area contributed by atoms with Crippen molar-refractivity contribution in [2.75, 3.05) is 19.8 Å². The summed E-state index contributed by atoms with van der Waals surface area (Å²) < 4.78 is 11.1. The van der Waals surface area contributed by atoms with Crippen molar-refractivity contribution in [3.8, 4) is 0 Å². The van der Waals surface area contributed by atoms with Gasteiger partial charge in [0.1, 0.15) is 0 Å². The molecule has 2 aliphatic rings. The van der Waals surface area contributed by atoms with Crippen molar-refractivity contribution in [2.24, 2.45) is 5.41 Å². The average molecular weight is 199 g/mol. The van der Waals surface area contributed by atoms with Gasteiger partial charge in [-0.1, -0.05) is 13.8 Å². The molecule has 1 aliphatic carbocycles. The topological polar surface area (TPSA) is 30.5 Å². The van der Waals surface area contributed by atoms with Crippen molar-refractivity contribution in [2.45, 2.75) is 45.4 Å². The first kappa shape index (κ1) is 10.4. The fraction of sp³-hybridized carbons (Fsp3) is 1.00. The number of hydrogen-bond acceptors (Lipinski definition) is 3. The maximum Gasteiger partial charge on any atom is 0.178 e. The molecule has 1 N–H and O–H groups in total. The molecule has 0 spiro atoms. The van der Waals surface area contributed by atoms with E-state index in [0.29, 0.717) is 11.5 Å². The fourth-order valence-corrected chi connectivity index (χ4v) is 2.21. The second-order valence-corrected chi connectivity index (χ2v) is 5.29. The molecule has 2 fully saturated rings. The van der Waals surface area contributed by atoms with Crippen LogP contribution in [0.1, 0.15) is 33.6 Å². The zero-order valence-electron chi connectivity index (χ0n) is 9.43. The average Bonchev–Trinajstić information content (AvgIpc) is 2.51. The highest BCUT2D eigenvalue weighted by Gasteiger charge is 2.40. The van der Waals surface area contributed by atoms with Gasteiger partial charge in [0, 0.05) is 12.6 Å². The van der Waals surface area contributed by atoms with Crippen LogP contribution in [0.25, 0.3) is 0 Å². The molecule has 0 aromatic heterocycles. The van der Waals surface area contributed by atoms with Gasteiger partial charge in [0.15, 0.2) is 5.79 Å². The number of nitrogens with one attached hydrogen (secondary N) is 1. The van der Waals surface area contributed by atoms with Gasteiger partial charge >= 0.3 is 0 Å². The van der Waals surface area contributed by atoms with E-state index in [-0.39, 0.29) is 5.79 Å². The number of rotatable bonds is 3. The van der Waals surface area contributed by atoms with E-state index < -0.39 is 0 Å². The minimum atomic E-state index is -0.383. The van der Waals surface area contributed by atoms with Crippen molar-refractivity contribution in [3.63, 3.8) is 0 Å². The van der Waals surface area contributed by atoms with E-state index in [1.165, 1.54) is 12.8 Å². The highest BCUT2D eigenvalue weighted by molar-refractivity contribution is 4.94. The molecule has 1 aliphatic heterocycles. The fourth-order valence-electron chi connectivity index (χ4n) is 2.21. The lowest BCUT2D eigenvalue weighted by Crippen LogP contribution is -2.54. The van der Waals surface area contributed by atoms with Gasteiger partial charge in [-0.15, -0.1) is 0 Å². The molecule has 2 rings (SSSR count). The highest BCUT2D eigenvalue weighted by Crippen LogP contribution is 2.40. The van der Waals surface area contributed by atoms with Crippen LogP contribution in [-0.4, -0.2) is 31.6 Å². The van der Waals surface area contributed by atoms with E-state index >= 15 is 0 Å². The van der Waals surface area contributed by atoms with Crippen LogP contribution < -0.4 is 5.32 Å². The van der Waals surface area contributed by atoms with Gasteiger partial charge in [-0.3, -0.25) is 0 Å². The van der Waals surface area contributed by atoms with Crippen LogP contribution in [0, 0.1) is 5.41 Å². The van der Waals surface area contributed by atoms with Crippen LogP contribution in [0.15, 0.2) is 0 Å². The Balaban J connectivity index is 1.77. The molecule has 0 radical (unpaired) electrons. The van der Waals surface area contributed by atoms with Crippen molar-refractivity contribution >= 4 is 0 Å². The van der Waals surface area contributed by atoms with Crippen LogP contribution in [-0.2, 0) is 9.47 Å². The Kier molecular flexibility index (Phi) is 2.58. The van der Waals surface area contributed by atoms with E-state index in [1.54, 1.807) is 0 Å². The Morgan fingerprint density at radius 2 is 1.86 bits per heavy atom. The zero-order chi connectivity index (χ0) is 10.2. The van der Waals surface area contributed by atoms with Gasteiger partial charge in [0.2, 0.25) is 0 Å². The van der Waals surface area contributed by atoms with Gasteiger partial charge in [-0.05, 0) is 25.2 Å². The van der Waals surface area contributed by atoms with Crippen molar-refractivity contribution in [3.05, 3.63) is 0 Å². The van der Waals surface area contributed by atoms with E-state index in [0.717, 1.165) is 19.8 Å². The first-order valence-electron chi connectivity index (χ1n) is 5.53. The highest BCUT2D eigenvalue weighted by atomic mass is 16.7. The molecule has 0 aromatic rings. The zero-order valence-corrected chi connectivity index (χ0v) is 9.43. The third-order valence-corrected chi connectivity index (χ3v) is 3.59. The maximum absolute atomic E-state index is 5.54. The van der Waals surface area contributed by atoms with Crippen molar-refractivity contribution < 1.29 is 9.47 Å². The number of ether oxygens (including phenoxy) is 2.